The zero-order chi connectivity index (χ0) is 19.1. The Kier molecular flexibility index (Phi) is 8.74. The van der Waals surface area contributed by atoms with Crippen molar-refractivity contribution in [2.24, 2.45) is 0 Å². The van der Waals surface area contributed by atoms with Crippen molar-refractivity contribution in [3.8, 4) is 11.5 Å². The third-order valence-electron chi connectivity index (χ3n) is 3.95. The van der Waals surface area contributed by atoms with Crippen LogP contribution in [0.3, 0.4) is 0 Å². The van der Waals surface area contributed by atoms with Crippen LogP contribution in [0.4, 0.5) is 4.39 Å². The van der Waals surface area contributed by atoms with Gasteiger partial charge >= 0.3 is 37.4 Å². The molecule has 0 spiro atoms. The van der Waals surface area contributed by atoms with Crippen molar-refractivity contribution in [3.05, 3.63) is 95.8 Å². The van der Waals surface area contributed by atoms with E-state index in [1.54, 1.807) is 42.5 Å². The number of benzene rings is 3. The summed E-state index contributed by atoms with van der Waals surface area (Å²) in [5, 5.41) is 0. The zero-order valence-corrected chi connectivity index (χ0v) is 18.5. The summed E-state index contributed by atoms with van der Waals surface area (Å²) in [7, 11) is -4.50. The first-order chi connectivity index (χ1) is 13.0. The van der Waals surface area contributed by atoms with E-state index < -0.39 is 7.82 Å². The molecule has 3 rings (SSSR count). The van der Waals surface area contributed by atoms with Crippen LogP contribution < -0.4 is 43.5 Å². The molecule has 3 aromatic rings. The molecule has 0 N–H and O–H groups in total. The van der Waals surface area contributed by atoms with E-state index in [2.05, 4.69) is 0 Å². The molecule has 0 bridgehead atoms. The Morgan fingerprint density at radius 2 is 1.21 bits per heavy atom. The van der Waals surface area contributed by atoms with Crippen molar-refractivity contribution in [3.63, 3.8) is 0 Å². The minimum Gasteiger partial charge on any atom is -0.736 e. The summed E-state index contributed by atoms with van der Waals surface area (Å²) in [5.74, 6) is 0.168. The van der Waals surface area contributed by atoms with Crippen molar-refractivity contribution in [2.45, 2.75) is 19.3 Å². The fraction of sp³-hybridized carbons (Fsp3) is 0.143. The third kappa shape index (κ3) is 7.42. The standard InChI is InChI=1S/C21H20FO4P.Na/c22-19-13-9-17(10-14-19)5-4-6-18-11-15-21(16-12-18)26-27(23,24)25-20-7-2-1-3-8-20;/h1-3,7-16H,4-6H2,(H,23,24);/q;+1/p-1. The van der Waals surface area contributed by atoms with Crippen molar-refractivity contribution >= 4 is 7.82 Å². The van der Waals surface area contributed by atoms with E-state index in [-0.39, 0.29) is 46.9 Å². The zero-order valence-electron chi connectivity index (χ0n) is 15.6. The second-order valence-electron chi connectivity index (χ2n) is 6.07. The summed E-state index contributed by atoms with van der Waals surface area (Å²) in [6.07, 6.45) is 2.58. The van der Waals surface area contributed by atoms with Gasteiger partial charge in [-0.25, -0.2) is 8.96 Å². The maximum atomic E-state index is 12.9. The summed E-state index contributed by atoms with van der Waals surface area (Å²) < 4.78 is 34.7. The second-order valence-corrected chi connectivity index (χ2v) is 7.33. The molecular weight excluding hydrogens is 389 g/mol. The molecule has 3 aromatic carbocycles. The van der Waals surface area contributed by atoms with Gasteiger partial charge in [0.1, 0.15) is 17.3 Å². The first kappa shape index (κ1) is 22.7. The van der Waals surface area contributed by atoms with Crippen LogP contribution in [0.15, 0.2) is 78.9 Å². The Morgan fingerprint density at radius 3 is 1.75 bits per heavy atom. The van der Waals surface area contributed by atoms with E-state index in [9.17, 15) is 13.8 Å². The van der Waals surface area contributed by atoms with Gasteiger partial charge in [0.2, 0.25) is 0 Å². The van der Waals surface area contributed by atoms with E-state index in [4.69, 9.17) is 9.05 Å². The normalized spacial score (nSPS) is 12.5. The number of phosphoric acid groups is 1. The summed E-state index contributed by atoms with van der Waals surface area (Å²) in [6, 6.07) is 21.5. The van der Waals surface area contributed by atoms with Crippen LogP contribution in [0.25, 0.3) is 0 Å². The molecule has 4 nitrogen and oxygen atoms in total. The fourth-order valence-electron chi connectivity index (χ4n) is 2.62. The van der Waals surface area contributed by atoms with Crippen LogP contribution in [0.2, 0.25) is 0 Å². The maximum Gasteiger partial charge on any atom is 1.00 e. The largest absolute Gasteiger partial charge is 1.00 e. The van der Waals surface area contributed by atoms with Gasteiger partial charge in [0.15, 0.2) is 0 Å². The number of hydrogen-bond acceptors (Lipinski definition) is 4. The van der Waals surface area contributed by atoms with Crippen molar-refractivity contribution < 1.29 is 52.5 Å². The smallest absolute Gasteiger partial charge is 0.736 e. The summed E-state index contributed by atoms with van der Waals surface area (Å²) in [6.45, 7) is 0. The number of aryl methyl sites for hydroxylation is 2. The average molecular weight is 408 g/mol. The predicted octanol–water partition coefficient (Wildman–Crippen LogP) is 1.93. The molecule has 0 fully saturated rings. The van der Waals surface area contributed by atoms with Crippen LogP contribution in [-0.4, -0.2) is 0 Å². The minimum atomic E-state index is -4.50. The number of rotatable bonds is 8. The Labute approximate surface area is 186 Å². The van der Waals surface area contributed by atoms with Crippen molar-refractivity contribution in [2.75, 3.05) is 0 Å². The average Bonchev–Trinajstić information content (AvgIpc) is 2.65. The molecule has 0 aliphatic heterocycles. The van der Waals surface area contributed by atoms with Gasteiger partial charge in [-0.2, -0.15) is 0 Å². The molecule has 0 amide bonds. The summed E-state index contributed by atoms with van der Waals surface area (Å²) in [5.41, 5.74) is 2.15. The molecule has 0 saturated heterocycles. The molecular formula is C21H19FNaO4P. The molecule has 1 atom stereocenters. The van der Waals surface area contributed by atoms with E-state index in [0.29, 0.717) is 0 Å². The van der Waals surface area contributed by atoms with E-state index in [1.165, 1.54) is 24.3 Å². The fourth-order valence-corrected chi connectivity index (χ4v) is 3.42. The van der Waals surface area contributed by atoms with Crippen molar-refractivity contribution in [1.82, 2.24) is 0 Å². The first-order valence-corrected chi connectivity index (χ1v) is 10.0. The SMILES string of the molecule is O=P([O-])(Oc1ccccc1)Oc1ccc(CCCc2ccc(F)cc2)cc1.[Na+]. The molecule has 7 heteroatoms. The minimum absolute atomic E-state index is 0. The van der Waals surface area contributed by atoms with Gasteiger partial charge in [0, 0.05) is 0 Å². The van der Waals surface area contributed by atoms with Crippen LogP contribution in [-0.2, 0) is 17.4 Å². The third-order valence-corrected chi connectivity index (χ3v) is 4.81. The molecule has 0 radical (unpaired) electrons. The Hall–Kier alpha value is -1.62. The predicted molar refractivity (Wildman–Crippen MR) is 100 cm³/mol. The maximum absolute atomic E-state index is 12.9. The Morgan fingerprint density at radius 1 is 0.750 bits per heavy atom. The van der Waals surface area contributed by atoms with Gasteiger partial charge in [-0.3, -0.25) is 0 Å². The van der Waals surface area contributed by atoms with Gasteiger partial charge in [-0.1, -0.05) is 42.5 Å². The van der Waals surface area contributed by atoms with Gasteiger partial charge in [-0.05, 0) is 66.8 Å². The first-order valence-electron chi connectivity index (χ1n) is 8.59. The molecule has 0 heterocycles. The van der Waals surface area contributed by atoms with Gasteiger partial charge in [0.05, 0.1) is 0 Å². The van der Waals surface area contributed by atoms with Crippen LogP contribution in [0.5, 0.6) is 11.5 Å². The molecule has 28 heavy (non-hydrogen) atoms. The van der Waals surface area contributed by atoms with Gasteiger partial charge < -0.3 is 13.9 Å². The van der Waals surface area contributed by atoms with E-state index in [1.807, 2.05) is 12.1 Å². The molecule has 1 unspecified atom stereocenters. The van der Waals surface area contributed by atoms with Gasteiger partial charge in [0.25, 0.3) is 0 Å². The van der Waals surface area contributed by atoms with E-state index >= 15 is 0 Å². The summed E-state index contributed by atoms with van der Waals surface area (Å²) in [4.78, 5) is 12.0. The number of hydrogen-bond donors (Lipinski definition) is 0. The van der Waals surface area contributed by atoms with Crippen LogP contribution in [0.1, 0.15) is 17.5 Å². The monoisotopic (exact) mass is 408 g/mol. The molecule has 0 aliphatic carbocycles. The molecule has 0 aromatic heterocycles. The molecule has 140 valence electrons. The van der Waals surface area contributed by atoms with Crippen molar-refractivity contribution in [1.29, 1.82) is 0 Å². The molecule has 0 saturated carbocycles. The Balaban J connectivity index is 0.00000280. The Bertz CT molecular complexity index is 902. The quantitative estimate of drug-likeness (QED) is 0.422. The topological polar surface area (TPSA) is 58.6 Å². The number of halogens is 1. The second kappa shape index (κ2) is 10.8. The van der Waals surface area contributed by atoms with E-state index in [0.717, 1.165) is 30.4 Å². The number of para-hydroxylation sites is 1. The summed E-state index contributed by atoms with van der Waals surface area (Å²) >= 11 is 0. The molecule has 0 aliphatic rings. The number of phosphoric ester groups is 1. The van der Waals surface area contributed by atoms with Crippen LogP contribution >= 0.6 is 7.82 Å². The van der Waals surface area contributed by atoms with Crippen LogP contribution in [0, 0.1) is 5.82 Å². The van der Waals surface area contributed by atoms with Gasteiger partial charge in [-0.15, -0.1) is 0 Å².